The predicted molar refractivity (Wildman–Crippen MR) is 83.3 cm³/mol. The van der Waals surface area contributed by atoms with Gasteiger partial charge in [0.25, 0.3) is 5.91 Å². The van der Waals surface area contributed by atoms with Crippen molar-refractivity contribution < 1.29 is 14.4 Å². The van der Waals surface area contributed by atoms with Gasteiger partial charge in [-0.15, -0.1) is 0 Å². The molecule has 2 N–H and O–H groups in total. The molecule has 1 heterocycles. The first-order valence-corrected chi connectivity index (χ1v) is 8.83. The second kappa shape index (κ2) is 5.21. The maximum atomic E-state index is 12.3. The van der Waals surface area contributed by atoms with Gasteiger partial charge < -0.3 is 10.6 Å². The van der Waals surface area contributed by atoms with Gasteiger partial charge in [0.2, 0.25) is 5.91 Å². The first kappa shape index (κ1) is 15.0. The minimum Gasteiger partial charge on any atom is -0.352 e. The van der Waals surface area contributed by atoms with Crippen molar-refractivity contribution in [3.05, 3.63) is 0 Å². The molecule has 4 saturated carbocycles. The normalized spacial score (nSPS) is 39.5. The smallest absolute Gasteiger partial charge is 0.325 e. The summed E-state index contributed by atoms with van der Waals surface area (Å²) >= 11 is 0. The number of amides is 4. The van der Waals surface area contributed by atoms with Gasteiger partial charge in [-0.2, -0.15) is 0 Å². The molecule has 1 atom stereocenters. The first-order chi connectivity index (χ1) is 10.9. The Hall–Kier alpha value is -1.59. The van der Waals surface area contributed by atoms with Crippen LogP contribution in [0, 0.1) is 23.2 Å². The molecule has 0 aromatic heterocycles. The molecule has 6 nitrogen and oxygen atoms in total. The summed E-state index contributed by atoms with van der Waals surface area (Å²) in [6.45, 7) is 1.94. The second-order valence-electron chi connectivity index (χ2n) is 8.21. The van der Waals surface area contributed by atoms with E-state index < -0.39 is 6.03 Å². The van der Waals surface area contributed by atoms with E-state index in [1.807, 2.05) is 0 Å². The van der Waals surface area contributed by atoms with E-state index in [-0.39, 0.29) is 36.4 Å². The quantitative estimate of drug-likeness (QED) is 0.766. The van der Waals surface area contributed by atoms with Crippen LogP contribution in [0.5, 0.6) is 0 Å². The Kier molecular flexibility index (Phi) is 3.39. The lowest BCUT2D eigenvalue weighted by Crippen LogP contribution is -2.57. The Bertz CT molecular complexity index is 508. The highest BCUT2D eigenvalue weighted by molar-refractivity contribution is 6.04. The Morgan fingerprint density at radius 1 is 1.22 bits per heavy atom. The van der Waals surface area contributed by atoms with Crippen LogP contribution in [0.1, 0.15) is 45.4 Å². The molecular weight excluding hydrogens is 294 g/mol. The highest BCUT2D eigenvalue weighted by Crippen LogP contribution is 2.61. The zero-order valence-corrected chi connectivity index (χ0v) is 13.6. The molecule has 0 aromatic rings. The zero-order chi connectivity index (χ0) is 16.2. The van der Waals surface area contributed by atoms with Crippen molar-refractivity contribution in [1.29, 1.82) is 0 Å². The lowest BCUT2D eigenvalue weighted by Gasteiger charge is -2.59. The molecule has 5 fully saturated rings. The first-order valence-electron chi connectivity index (χ1n) is 8.83. The van der Waals surface area contributed by atoms with Crippen molar-refractivity contribution in [1.82, 2.24) is 15.5 Å². The highest BCUT2D eigenvalue weighted by atomic mass is 16.2. The Morgan fingerprint density at radius 3 is 2.26 bits per heavy atom. The SMILES string of the molecule is C[C@H](NC(=O)CN1C(=O)CNC1=O)C12CC3CC(CC(C3)C1)C2. The molecule has 0 radical (unpaired) electrons. The van der Waals surface area contributed by atoms with Crippen molar-refractivity contribution >= 4 is 17.8 Å². The van der Waals surface area contributed by atoms with Crippen molar-refractivity contribution in [2.75, 3.05) is 13.1 Å². The molecule has 4 aliphatic carbocycles. The van der Waals surface area contributed by atoms with E-state index in [0.717, 1.165) is 22.7 Å². The van der Waals surface area contributed by atoms with Crippen LogP contribution in [0.25, 0.3) is 0 Å². The molecule has 126 valence electrons. The largest absolute Gasteiger partial charge is 0.352 e. The van der Waals surface area contributed by atoms with Gasteiger partial charge in [0.15, 0.2) is 0 Å². The molecule has 4 bridgehead atoms. The van der Waals surface area contributed by atoms with Crippen LogP contribution >= 0.6 is 0 Å². The molecule has 23 heavy (non-hydrogen) atoms. The van der Waals surface area contributed by atoms with Crippen LogP contribution in [0.15, 0.2) is 0 Å². The number of rotatable bonds is 4. The van der Waals surface area contributed by atoms with Crippen molar-refractivity contribution in [2.24, 2.45) is 23.2 Å². The van der Waals surface area contributed by atoms with Gasteiger partial charge in [-0.05, 0) is 68.6 Å². The number of nitrogens with one attached hydrogen (secondary N) is 2. The predicted octanol–water partition coefficient (Wildman–Crippen LogP) is 1.26. The third-order valence-corrected chi connectivity index (χ3v) is 6.62. The summed E-state index contributed by atoms with van der Waals surface area (Å²) in [5.41, 5.74) is 0.238. The van der Waals surface area contributed by atoms with E-state index in [1.54, 1.807) is 0 Å². The molecule has 6 heteroatoms. The van der Waals surface area contributed by atoms with Crippen molar-refractivity contribution in [2.45, 2.75) is 51.5 Å². The molecular formula is C17H25N3O3. The summed E-state index contributed by atoms with van der Waals surface area (Å²) in [4.78, 5) is 36.4. The summed E-state index contributed by atoms with van der Waals surface area (Å²) in [6, 6.07) is -0.350. The van der Waals surface area contributed by atoms with Gasteiger partial charge >= 0.3 is 6.03 Å². The van der Waals surface area contributed by atoms with E-state index in [1.165, 1.54) is 38.5 Å². The van der Waals surface area contributed by atoms with Gasteiger partial charge in [-0.25, -0.2) is 4.79 Å². The van der Waals surface area contributed by atoms with Crippen LogP contribution < -0.4 is 10.6 Å². The Morgan fingerprint density at radius 2 is 1.78 bits per heavy atom. The number of hydrogen-bond donors (Lipinski definition) is 2. The topological polar surface area (TPSA) is 78.5 Å². The Balaban J connectivity index is 1.40. The molecule has 0 unspecified atom stereocenters. The van der Waals surface area contributed by atoms with E-state index in [0.29, 0.717) is 0 Å². The van der Waals surface area contributed by atoms with Gasteiger partial charge in [0.1, 0.15) is 6.54 Å². The average molecular weight is 319 g/mol. The summed E-state index contributed by atoms with van der Waals surface area (Å²) < 4.78 is 0. The van der Waals surface area contributed by atoms with Crippen LogP contribution in [0.3, 0.4) is 0 Å². The number of carbonyl (C=O) groups is 3. The van der Waals surface area contributed by atoms with Crippen molar-refractivity contribution in [3.8, 4) is 0 Å². The summed E-state index contributed by atoms with van der Waals surface area (Å²) in [6.07, 6.45) is 7.81. The zero-order valence-electron chi connectivity index (χ0n) is 13.6. The maximum Gasteiger partial charge on any atom is 0.325 e. The van der Waals surface area contributed by atoms with E-state index in [4.69, 9.17) is 0 Å². The van der Waals surface area contributed by atoms with E-state index in [2.05, 4.69) is 17.6 Å². The lowest BCUT2D eigenvalue weighted by molar-refractivity contribution is -0.132. The summed E-state index contributed by atoms with van der Waals surface area (Å²) in [5.74, 6) is 1.97. The fourth-order valence-electron chi connectivity index (χ4n) is 5.91. The molecule has 0 aromatic carbocycles. The fraction of sp³-hybridized carbons (Fsp3) is 0.824. The van der Waals surface area contributed by atoms with Crippen LogP contribution in [0.4, 0.5) is 4.79 Å². The lowest BCUT2D eigenvalue weighted by atomic mass is 9.48. The fourth-order valence-corrected chi connectivity index (χ4v) is 5.91. The standard InChI is InChI=1S/C17H25N3O3/c1-10(19-14(21)9-20-15(22)8-18-16(20)23)17-5-11-2-12(6-17)4-13(3-11)7-17/h10-13H,2-9H2,1H3,(H,18,23)(H,19,21)/t10-,11?,12?,13?,17?/m0/s1. The van der Waals surface area contributed by atoms with Gasteiger partial charge in [-0.1, -0.05) is 0 Å². The minimum absolute atomic E-state index is 0.00333. The number of hydrogen-bond acceptors (Lipinski definition) is 3. The number of urea groups is 1. The van der Waals surface area contributed by atoms with Gasteiger partial charge in [0, 0.05) is 6.04 Å². The van der Waals surface area contributed by atoms with Crippen LogP contribution in [0.2, 0.25) is 0 Å². The Labute approximate surface area is 136 Å². The maximum absolute atomic E-state index is 12.3. The van der Waals surface area contributed by atoms with Crippen LogP contribution in [-0.2, 0) is 9.59 Å². The monoisotopic (exact) mass is 319 g/mol. The van der Waals surface area contributed by atoms with Crippen LogP contribution in [-0.4, -0.2) is 41.9 Å². The summed E-state index contributed by atoms with van der Waals surface area (Å²) in [7, 11) is 0. The number of imide groups is 1. The number of nitrogens with zero attached hydrogens (tertiary/aromatic N) is 1. The van der Waals surface area contributed by atoms with E-state index >= 15 is 0 Å². The molecule has 0 spiro atoms. The minimum atomic E-state index is -0.465. The van der Waals surface area contributed by atoms with E-state index in [9.17, 15) is 14.4 Å². The van der Waals surface area contributed by atoms with Gasteiger partial charge in [-0.3, -0.25) is 14.5 Å². The molecule has 1 aliphatic heterocycles. The molecule has 1 saturated heterocycles. The third kappa shape index (κ3) is 2.52. The summed E-state index contributed by atoms with van der Waals surface area (Å²) in [5, 5.41) is 5.54. The molecule has 5 aliphatic rings. The molecule has 4 amide bonds. The molecule has 5 rings (SSSR count). The van der Waals surface area contributed by atoms with Gasteiger partial charge in [0.05, 0.1) is 6.54 Å². The third-order valence-electron chi connectivity index (χ3n) is 6.62. The highest BCUT2D eigenvalue weighted by Gasteiger charge is 2.53. The van der Waals surface area contributed by atoms with Crippen molar-refractivity contribution in [3.63, 3.8) is 0 Å². The second-order valence-corrected chi connectivity index (χ2v) is 8.21. The number of carbonyl (C=O) groups excluding carboxylic acids is 3. The average Bonchev–Trinajstić information content (AvgIpc) is 2.77.